The molecule has 26 heavy (non-hydrogen) atoms. The average molecular weight is 343 g/mol. The third-order valence-corrected chi connectivity index (χ3v) is 5.07. The smallest absolute Gasteiger partial charge is 0.232 e. The van der Waals surface area contributed by atoms with Gasteiger partial charge in [-0.25, -0.2) is 4.57 Å². The zero-order valence-corrected chi connectivity index (χ0v) is 15.2. The molecule has 130 valence electrons. The lowest BCUT2D eigenvalue weighted by Crippen LogP contribution is -2.38. The lowest BCUT2D eigenvalue weighted by Gasteiger charge is -2.07. The quantitative estimate of drug-likeness (QED) is 0.575. The van der Waals surface area contributed by atoms with Crippen molar-refractivity contribution in [1.29, 1.82) is 0 Å². The second-order valence-electron chi connectivity index (χ2n) is 6.72. The Morgan fingerprint density at radius 1 is 0.923 bits per heavy atom. The molecule has 2 aromatic heterocycles. The molecule has 0 bridgehead atoms. The van der Waals surface area contributed by atoms with Gasteiger partial charge in [-0.3, -0.25) is 0 Å². The van der Waals surface area contributed by atoms with Crippen LogP contribution in [0.1, 0.15) is 22.4 Å². The Kier molecular flexibility index (Phi) is 4.17. The van der Waals surface area contributed by atoms with Gasteiger partial charge in [0.2, 0.25) is 17.8 Å². The van der Waals surface area contributed by atoms with Crippen LogP contribution in [0.4, 0.5) is 5.82 Å². The summed E-state index contributed by atoms with van der Waals surface area (Å²) in [6, 6.07) is 20.8. The van der Waals surface area contributed by atoms with Crippen molar-refractivity contribution in [2.24, 2.45) is 0 Å². The summed E-state index contributed by atoms with van der Waals surface area (Å²) in [6.07, 6.45) is 1.85. The molecule has 0 saturated carbocycles. The molecule has 0 aliphatic carbocycles. The Morgan fingerprint density at radius 2 is 1.54 bits per heavy atom. The highest BCUT2D eigenvalue weighted by atomic mass is 15.1. The Balaban J connectivity index is 1.79. The SMILES string of the molecule is Cc1c(C)n(Cc2ccccc2)c2nc[n+](Cc3ccccc3)c(N)c12. The first-order chi connectivity index (χ1) is 12.6. The van der Waals surface area contributed by atoms with Gasteiger partial charge >= 0.3 is 0 Å². The van der Waals surface area contributed by atoms with Crippen LogP contribution in [0.25, 0.3) is 11.0 Å². The number of anilines is 1. The summed E-state index contributed by atoms with van der Waals surface area (Å²) in [5.74, 6) is 0.770. The molecular weight excluding hydrogens is 320 g/mol. The Hall–Kier alpha value is -3.14. The molecule has 2 aromatic carbocycles. The summed E-state index contributed by atoms with van der Waals surface area (Å²) in [5, 5.41) is 1.05. The highest BCUT2D eigenvalue weighted by molar-refractivity contribution is 5.89. The molecule has 0 radical (unpaired) electrons. The van der Waals surface area contributed by atoms with Gasteiger partial charge in [0, 0.05) is 5.69 Å². The van der Waals surface area contributed by atoms with Crippen molar-refractivity contribution in [1.82, 2.24) is 9.55 Å². The minimum absolute atomic E-state index is 0.720. The van der Waals surface area contributed by atoms with Crippen molar-refractivity contribution >= 4 is 16.9 Å². The fraction of sp³-hybridized carbons (Fsp3) is 0.182. The van der Waals surface area contributed by atoms with Gasteiger partial charge in [-0.1, -0.05) is 65.6 Å². The number of benzene rings is 2. The van der Waals surface area contributed by atoms with Crippen LogP contribution in [-0.4, -0.2) is 9.55 Å². The Bertz CT molecular complexity index is 1050. The fourth-order valence-corrected chi connectivity index (χ4v) is 3.48. The van der Waals surface area contributed by atoms with Crippen molar-refractivity contribution in [3.8, 4) is 0 Å². The van der Waals surface area contributed by atoms with Crippen LogP contribution in [-0.2, 0) is 13.1 Å². The maximum Gasteiger partial charge on any atom is 0.232 e. The number of fused-ring (bicyclic) bond motifs is 1. The topological polar surface area (TPSA) is 47.7 Å². The molecule has 0 saturated heterocycles. The van der Waals surface area contributed by atoms with Gasteiger partial charge in [-0.05, 0) is 30.5 Å². The third-order valence-electron chi connectivity index (χ3n) is 5.07. The minimum atomic E-state index is 0.720. The second-order valence-corrected chi connectivity index (χ2v) is 6.72. The summed E-state index contributed by atoms with van der Waals surface area (Å²) in [5.41, 5.74) is 12.4. The van der Waals surface area contributed by atoms with Crippen LogP contribution in [0.15, 0.2) is 67.0 Å². The molecule has 0 aliphatic heterocycles. The molecule has 0 amide bonds. The molecule has 4 aromatic rings. The minimum Gasteiger partial charge on any atom is -0.318 e. The normalized spacial score (nSPS) is 11.2. The molecule has 4 heteroatoms. The zero-order valence-electron chi connectivity index (χ0n) is 15.2. The molecule has 4 rings (SSSR count). The molecule has 0 spiro atoms. The van der Waals surface area contributed by atoms with Gasteiger partial charge < -0.3 is 10.3 Å². The van der Waals surface area contributed by atoms with E-state index in [2.05, 4.69) is 54.8 Å². The van der Waals surface area contributed by atoms with E-state index in [1.54, 1.807) is 0 Å². The first-order valence-electron chi connectivity index (χ1n) is 8.86. The van der Waals surface area contributed by atoms with Crippen LogP contribution in [0, 0.1) is 13.8 Å². The van der Waals surface area contributed by atoms with Gasteiger partial charge in [0.1, 0.15) is 5.39 Å². The van der Waals surface area contributed by atoms with Crippen LogP contribution >= 0.6 is 0 Å². The lowest BCUT2D eigenvalue weighted by molar-refractivity contribution is -0.675. The largest absolute Gasteiger partial charge is 0.318 e. The summed E-state index contributed by atoms with van der Waals surface area (Å²) in [6.45, 7) is 5.79. The van der Waals surface area contributed by atoms with Gasteiger partial charge in [0.15, 0.2) is 0 Å². The van der Waals surface area contributed by atoms with Crippen molar-refractivity contribution in [3.63, 3.8) is 0 Å². The van der Waals surface area contributed by atoms with E-state index in [0.717, 1.165) is 29.9 Å². The van der Waals surface area contributed by atoms with E-state index < -0.39 is 0 Å². The standard InChI is InChI=1S/C22H22N4/c1-16-17(2)26(14-19-11-7-4-8-12-19)22-20(16)21(23)25(15-24-22)13-18-9-5-3-6-10-18/h3-12,15,23H,13-14H2,1-2H3/p+1. The van der Waals surface area contributed by atoms with Gasteiger partial charge in [-0.15, -0.1) is 0 Å². The summed E-state index contributed by atoms with van der Waals surface area (Å²) in [7, 11) is 0. The van der Waals surface area contributed by atoms with Crippen LogP contribution in [0.3, 0.4) is 0 Å². The molecule has 0 aliphatic rings. The average Bonchev–Trinajstić information content (AvgIpc) is 2.91. The molecule has 0 fully saturated rings. The Labute approximate surface area is 153 Å². The number of nitrogens with zero attached hydrogens (tertiary/aromatic N) is 3. The predicted molar refractivity (Wildman–Crippen MR) is 105 cm³/mol. The summed E-state index contributed by atoms with van der Waals surface area (Å²) in [4.78, 5) is 4.76. The Morgan fingerprint density at radius 3 is 2.19 bits per heavy atom. The van der Waals surface area contributed by atoms with Crippen molar-refractivity contribution in [3.05, 3.63) is 89.4 Å². The first-order valence-corrected chi connectivity index (χ1v) is 8.86. The predicted octanol–water partition coefficient (Wildman–Crippen LogP) is 3.62. The molecule has 0 unspecified atom stereocenters. The number of nitrogens with two attached hydrogens (primary N) is 1. The summed E-state index contributed by atoms with van der Waals surface area (Å²) >= 11 is 0. The van der Waals surface area contributed by atoms with Gasteiger partial charge in [0.05, 0.1) is 13.1 Å². The van der Waals surface area contributed by atoms with Crippen molar-refractivity contribution in [2.45, 2.75) is 26.9 Å². The van der Waals surface area contributed by atoms with Crippen LogP contribution < -0.4 is 10.3 Å². The monoisotopic (exact) mass is 343 g/mol. The van der Waals surface area contributed by atoms with E-state index in [4.69, 9.17) is 10.7 Å². The van der Waals surface area contributed by atoms with Gasteiger partial charge in [0.25, 0.3) is 0 Å². The summed E-state index contributed by atoms with van der Waals surface area (Å²) < 4.78 is 4.28. The number of nitrogen functional groups attached to an aromatic ring is 1. The fourth-order valence-electron chi connectivity index (χ4n) is 3.48. The third kappa shape index (κ3) is 2.84. The number of aryl methyl sites for hydroxylation is 1. The molecular formula is C22H23N4+. The highest BCUT2D eigenvalue weighted by Crippen LogP contribution is 2.27. The highest BCUT2D eigenvalue weighted by Gasteiger charge is 2.21. The van der Waals surface area contributed by atoms with E-state index in [1.807, 2.05) is 35.2 Å². The van der Waals surface area contributed by atoms with E-state index in [-0.39, 0.29) is 0 Å². The maximum atomic E-state index is 6.55. The lowest BCUT2D eigenvalue weighted by atomic mass is 10.2. The molecule has 0 atom stereocenters. The van der Waals surface area contributed by atoms with Crippen LogP contribution in [0.5, 0.6) is 0 Å². The van der Waals surface area contributed by atoms with E-state index in [1.165, 1.54) is 22.4 Å². The number of rotatable bonds is 4. The second kappa shape index (κ2) is 6.64. The molecule has 2 heterocycles. The van der Waals surface area contributed by atoms with E-state index in [9.17, 15) is 0 Å². The molecule has 4 nitrogen and oxygen atoms in total. The maximum absolute atomic E-state index is 6.55. The van der Waals surface area contributed by atoms with E-state index in [0.29, 0.717) is 0 Å². The first kappa shape index (κ1) is 16.3. The number of aromatic nitrogens is 3. The van der Waals surface area contributed by atoms with Crippen LogP contribution in [0.2, 0.25) is 0 Å². The van der Waals surface area contributed by atoms with Crippen molar-refractivity contribution < 1.29 is 4.57 Å². The zero-order chi connectivity index (χ0) is 18.1. The van der Waals surface area contributed by atoms with E-state index >= 15 is 0 Å². The number of hydrogen-bond acceptors (Lipinski definition) is 2. The van der Waals surface area contributed by atoms with Gasteiger partial charge in [-0.2, -0.15) is 0 Å². The number of hydrogen-bond donors (Lipinski definition) is 1. The van der Waals surface area contributed by atoms with Crippen molar-refractivity contribution in [2.75, 3.05) is 5.73 Å². The molecule has 2 N–H and O–H groups in total.